The van der Waals surface area contributed by atoms with Gasteiger partial charge in [0, 0.05) is 54.4 Å². The lowest BCUT2D eigenvalue weighted by Gasteiger charge is -2.35. The highest BCUT2D eigenvalue weighted by molar-refractivity contribution is 7.17. The van der Waals surface area contributed by atoms with E-state index in [0.717, 1.165) is 21.7 Å². The molecule has 182 valence electrons. The Morgan fingerprint density at radius 2 is 1.71 bits per heavy atom. The number of rotatable bonds is 7. The molecule has 0 radical (unpaired) electrons. The van der Waals surface area contributed by atoms with Crippen LogP contribution in [0.5, 0.6) is 0 Å². The van der Waals surface area contributed by atoms with E-state index < -0.39 is 10.9 Å². The van der Waals surface area contributed by atoms with E-state index in [1.165, 1.54) is 30.6 Å². The summed E-state index contributed by atoms with van der Waals surface area (Å²) < 4.78 is 5.02. The number of thiophene rings is 1. The Labute approximate surface area is 207 Å². The van der Waals surface area contributed by atoms with Gasteiger partial charge in [-0.1, -0.05) is 30.3 Å². The highest BCUT2D eigenvalue weighted by Gasteiger charge is 2.26. The second-order valence-corrected chi connectivity index (χ2v) is 9.40. The standard InChI is InChI=1S/C25H26N4O5S/c1-17-22(18-6-4-3-5-7-18)23(25(31)34-2)24(35-17)26-21(30)16-27-12-14-28(15-13-27)19-8-10-20(11-9-19)29(32)33/h3-11H,12-16H2,1-2H3,(H,26,30). The summed E-state index contributed by atoms with van der Waals surface area (Å²) >= 11 is 1.36. The molecule has 3 aromatic rings. The summed E-state index contributed by atoms with van der Waals surface area (Å²) in [6.45, 7) is 4.88. The molecule has 0 spiro atoms. The van der Waals surface area contributed by atoms with E-state index in [2.05, 4.69) is 10.2 Å². The zero-order chi connectivity index (χ0) is 24.9. The van der Waals surface area contributed by atoms with Crippen LogP contribution in [-0.4, -0.2) is 61.5 Å². The van der Waals surface area contributed by atoms with Gasteiger partial charge in [0.1, 0.15) is 10.6 Å². The first-order valence-corrected chi connectivity index (χ1v) is 12.0. The molecule has 1 fully saturated rings. The molecule has 1 amide bonds. The Hall–Kier alpha value is -3.76. The van der Waals surface area contributed by atoms with Crippen LogP contribution in [-0.2, 0) is 9.53 Å². The van der Waals surface area contributed by atoms with Crippen LogP contribution in [0.4, 0.5) is 16.4 Å². The van der Waals surface area contributed by atoms with Crippen LogP contribution >= 0.6 is 11.3 Å². The molecular weight excluding hydrogens is 468 g/mol. The van der Waals surface area contributed by atoms with Crippen LogP contribution in [0.3, 0.4) is 0 Å². The number of nitro benzene ring substituents is 1. The van der Waals surface area contributed by atoms with Gasteiger partial charge in [-0.05, 0) is 24.6 Å². The number of esters is 1. The van der Waals surface area contributed by atoms with Crippen molar-refractivity contribution in [2.45, 2.75) is 6.92 Å². The summed E-state index contributed by atoms with van der Waals surface area (Å²) in [5.41, 5.74) is 3.02. The van der Waals surface area contributed by atoms with Gasteiger partial charge in [0.25, 0.3) is 5.69 Å². The molecule has 1 aliphatic heterocycles. The van der Waals surface area contributed by atoms with Crippen LogP contribution in [0, 0.1) is 17.0 Å². The maximum Gasteiger partial charge on any atom is 0.341 e. The number of carbonyl (C=O) groups is 2. The van der Waals surface area contributed by atoms with Crippen molar-refractivity contribution in [3.05, 3.63) is 75.2 Å². The van der Waals surface area contributed by atoms with Crippen LogP contribution in [0.25, 0.3) is 11.1 Å². The minimum absolute atomic E-state index is 0.0645. The number of amides is 1. The molecule has 0 saturated carbocycles. The zero-order valence-electron chi connectivity index (χ0n) is 19.5. The van der Waals surface area contributed by atoms with E-state index in [4.69, 9.17) is 4.74 Å². The molecule has 0 bridgehead atoms. The maximum absolute atomic E-state index is 12.9. The Bertz CT molecular complexity index is 1220. The van der Waals surface area contributed by atoms with Gasteiger partial charge in [-0.3, -0.25) is 19.8 Å². The van der Waals surface area contributed by atoms with Gasteiger partial charge in [-0.25, -0.2) is 4.79 Å². The number of benzene rings is 2. The minimum atomic E-state index is -0.486. The molecule has 1 aromatic heterocycles. The van der Waals surface area contributed by atoms with E-state index in [-0.39, 0.29) is 18.1 Å². The van der Waals surface area contributed by atoms with Crippen molar-refractivity contribution >= 4 is 39.6 Å². The van der Waals surface area contributed by atoms with Crippen molar-refractivity contribution in [1.29, 1.82) is 0 Å². The molecule has 1 N–H and O–H groups in total. The first-order valence-electron chi connectivity index (χ1n) is 11.2. The Balaban J connectivity index is 1.40. The number of hydrogen-bond donors (Lipinski definition) is 1. The van der Waals surface area contributed by atoms with Crippen LogP contribution < -0.4 is 10.2 Å². The summed E-state index contributed by atoms with van der Waals surface area (Å²) in [5, 5.41) is 14.3. The van der Waals surface area contributed by atoms with E-state index in [1.54, 1.807) is 12.1 Å². The third-order valence-corrected chi connectivity index (χ3v) is 6.98. The number of aryl methyl sites for hydroxylation is 1. The number of nitrogens with zero attached hydrogens (tertiary/aromatic N) is 3. The van der Waals surface area contributed by atoms with Crippen molar-refractivity contribution in [3.63, 3.8) is 0 Å². The van der Waals surface area contributed by atoms with Gasteiger partial charge in [0.15, 0.2) is 0 Å². The van der Waals surface area contributed by atoms with Gasteiger partial charge < -0.3 is 15.0 Å². The maximum atomic E-state index is 12.9. The molecule has 35 heavy (non-hydrogen) atoms. The highest BCUT2D eigenvalue weighted by Crippen LogP contribution is 2.40. The average Bonchev–Trinajstić information content (AvgIpc) is 3.19. The normalized spacial score (nSPS) is 13.9. The molecule has 0 atom stereocenters. The fourth-order valence-corrected chi connectivity index (χ4v) is 5.28. The average molecular weight is 495 g/mol. The van der Waals surface area contributed by atoms with E-state index in [0.29, 0.717) is 36.7 Å². The number of ether oxygens (including phenoxy) is 1. The quantitative estimate of drug-likeness (QED) is 0.298. The molecule has 4 rings (SSSR count). The highest BCUT2D eigenvalue weighted by atomic mass is 32.1. The zero-order valence-corrected chi connectivity index (χ0v) is 20.3. The minimum Gasteiger partial charge on any atom is -0.465 e. The van der Waals surface area contributed by atoms with Crippen molar-refractivity contribution < 1.29 is 19.2 Å². The predicted molar refractivity (Wildman–Crippen MR) is 136 cm³/mol. The fraction of sp³-hybridized carbons (Fsp3) is 0.280. The number of hydrogen-bond acceptors (Lipinski definition) is 8. The smallest absolute Gasteiger partial charge is 0.341 e. The summed E-state index contributed by atoms with van der Waals surface area (Å²) in [7, 11) is 1.33. The van der Waals surface area contributed by atoms with Gasteiger partial charge >= 0.3 is 5.97 Å². The second-order valence-electron chi connectivity index (χ2n) is 8.18. The molecule has 9 nitrogen and oxygen atoms in total. The summed E-state index contributed by atoms with van der Waals surface area (Å²) in [6, 6.07) is 16.1. The molecule has 0 unspecified atom stereocenters. The molecule has 1 aliphatic rings. The summed E-state index contributed by atoms with van der Waals surface area (Å²) in [6.07, 6.45) is 0. The third kappa shape index (κ3) is 5.50. The number of piperazine rings is 1. The first-order chi connectivity index (χ1) is 16.9. The van der Waals surface area contributed by atoms with Gasteiger partial charge in [0.2, 0.25) is 5.91 Å². The number of nitrogens with one attached hydrogen (secondary N) is 1. The van der Waals surface area contributed by atoms with Crippen LogP contribution in [0.15, 0.2) is 54.6 Å². The topological polar surface area (TPSA) is 105 Å². The first kappa shape index (κ1) is 24.4. The number of nitro groups is 1. The number of anilines is 2. The van der Waals surface area contributed by atoms with Crippen LogP contribution in [0.1, 0.15) is 15.2 Å². The third-order valence-electron chi connectivity index (χ3n) is 5.95. The Morgan fingerprint density at radius 3 is 2.31 bits per heavy atom. The number of methoxy groups -OCH3 is 1. The molecule has 10 heteroatoms. The molecule has 2 aromatic carbocycles. The Kier molecular flexibility index (Phi) is 7.42. The van der Waals surface area contributed by atoms with E-state index >= 15 is 0 Å². The van der Waals surface area contributed by atoms with Crippen molar-refractivity contribution in [2.24, 2.45) is 0 Å². The van der Waals surface area contributed by atoms with Gasteiger partial charge in [0.05, 0.1) is 18.6 Å². The summed E-state index contributed by atoms with van der Waals surface area (Å²) in [4.78, 5) is 41.1. The molecular formula is C25H26N4O5S. The van der Waals surface area contributed by atoms with Crippen molar-refractivity contribution in [2.75, 3.05) is 50.1 Å². The predicted octanol–water partition coefficient (Wildman–Crippen LogP) is 4.18. The Morgan fingerprint density at radius 1 is 1.06 bits per heavy atom. The largest absolute Gasteiger partial charge is 0.465 e. The SMILES string of the molecule is COC(=O)c1c(NC(=O)CN2CCN(c3ccc([N+](=O)[O-])cc3)CC2)sc(C)c1-c1ccccc1. The van der Waals surface area contributed by atoms with E-state index in [1.807, 2.05) is 42.2 Å². The second kappa shape index (κ2) is 10.7. The number of non-ortho nitro benzene ring substituents is 1. The molecule has 2 heterocycles. The van der Waals surface area contributed by atoms with Gasteiger partial charge in [-0.15, -0.1) is 11.3 Å². The lowest BCUT2D eigenvalue weighted by molar-refractivity contribution is -0.384. The van der Waals surface area contributed by atoms with Crippen molar-refractivity contribution in [1.82, 2.24) is 4.90 Å². The lowest BCUT2D eigenvalue weighted by Crippen LogP contribution is -2.48. The molecule has 0 aliphatic carbocycles. The van der Waals surface area contributed by atoms with E-state index in [9.17, 15) is 19.7 Å². The lowest BCUT2D eigenvalue weighted by atomic mass is 10.0. The van der Waals surface area contributed by atoms with Crippen molar-refractivity contribution in [3.8, 4) is 11.1 Å². The van der Waals surface area contributed by atoms with Crippen LogP contribution in [0.2, 0.25) is 0 Å². The number of carbonyl (C=O) groups excluding carboxylic acids is 2. The fourth-order valence-electron chi connectivity index (χ4n) is 4.20. The molecule has 1 saturated heterocycles. The summed E-state index contributed by atoms with van der Waals surface area (Å²) in [5.74, 6) is -0.681. The monoisotopic (exact) mass is 494 g/mol. The van der Waals surface area contributed by atoms with Gasteiger partial charge in [-0.2, -0.15) is 0 Å².